The molecule has 0 heterocycles. The topological polar surface area (TPSA) is 29.1 Å². The Hall–Kier alpha value is -0.440. The normalized spacial score (nSPS) is 30.2. The number of carbonyl (C=O) groups excluding carboxylic acids is 1. The van der Waals surface area contributed by atoms with E-state index in [1.54, 1.807) is 0 Å². The molecule has 1 fully saturated rings. The first-order chi connectivity index (χ1) is 5.74. The van der Waals surface area contributed by atoms with Gasteiger partial charge in [0.2, 0.25) is 0 Å². The molecule has 1 aliphatic carbocycles. The summed E-state index contributed by atoms with van der Waals surface area (Å²) in [7, 11) is 1.92. The molecule has 0 radical (unpaired) electrons. The van der Waals surface area contributed by atoms with E-state index in [1.807, 2.05) is 7.05 Å². The van der Waals surface area contributed by atoms with Crippen molar-refractivity contribution in [2.24, 2.45) is 11.8 Å². The molecule has 0 unspecified atom stereocenters. The van der Waals surface area contributed by atoms with E-state index < -0.39 is 6.04 Å². The molecule has 1 N–H and O–H groups in total. The molecule has 2 nitrogen and oxygen atoms in total. The monoisotopic (exact) mass is 173 g/mol. The van der Waals surface area contributed by atoms with Gasteiger partial charge in [0.15, 0.2) is 0 Å². The first-order valence-corrected chi connectivity index (χ1v) is 4.58. The van der Waals surface area contributed by atoms with Crippen molar-refractivity contribution in [1.82, 2.24) is 5.32 Å². The summed E-state index contributed by atoms with van der Waals surface area (Å²) in [5, 5.41) is 3.10. The van der Waals surface area contributed by atoms with Crippen molar-refractivity contribution in [2.75, 3.05) is 13.6 Å². The minimum absolute atomic E-state index is 0.293. The molecule has 0 bridgehead atoms. The van der Waals surface area contributed by atoms with Crippen LogP contribution < -0.4 is 5.32 Å². The summed E-state index contributed by atoms with van der Waals surface area (Å²) >= 11 is 0. The van der Waals surface area contributed by atoms with Gasteiger partial charge in [0.1, 0.15) is 0 Å². The van der Waals surface area contributed by atoms with Gasteiger partial charge in [0, 0.05) is 5.92 Å². The summed E-state index contributed by atoms with van der Waals surface area (Å²) in [4.78, 5) is 10.4. The quantitative estimate of drug-likeness (QED) is 0.655. The molecule has 0 aliphatic heterocycles. The standard InChI is InChI=1S/C9H16FNO/c1-11-6-7-2-4-8(5-3-7)9(10)12/h7-8,11H,2-6H2,1H3. The molecular weight excluding hydrogens is 157 g/mol. The molecule has 0 aromatic rings. The van der Waals surface area contributed by atoms with Gasteiger partial charge in [-0.05, 0) is 45.2 Å². The summed E-state index contributed by atoms with van der Waals surface area (Å²) in [6.07, 6.45) is 3.45. The van der Waals surface area contributed by atoms with E-state index in [1.165, 1.54) is 0 Å². The third kappa shape index (κ3) is 2.55. The van der Waals surface area contributed by atoms with Crippen LogP contribution in [0.1, 0.15) is 25.7 Å². The van der Waals surface area contributed by atoms with E-state index >= 15 is 0 Å². The van der Waals surface area contributed by atoms with Gasteiger partial charge in [-0.2, -0.15) is 4.39 Å². The number of carbonyl (C=O) groups is 1. The molecule has 1 rings (SSSR count). The van der Waals surface area contributed by atoms with Crippen molar-refractivity contribution in [1.29, 1.82) is 0 Å². The fraction of sp³-hybridized carbons (Fsp3) is 0.889. The lowest BCUT2D eigenvalue weighted by Gasteiger charge is -2.25. The van der Waals surface area contributed by atoms with Crippen molar-refractivity contribution in [3.63, 3.8) is 0 Å². The maximum atomic E-state index is 12.2. The van der Waals surface area contributed by atoms with Crippen LogP contribution >= 0.6 is 0 Å². The zero-order chi connectivity index (χ0) is 8.97. The summed E-state index contributed by atoms with van der Waals surface area (Å²) in [6.45, 7) is 0.993. The van der Waals surface area contributed by atoms with E-state index in [9.17, 15) is 9.18 Å². The molecule has 3 heteroatoms. The van der Waals surface area contributed by atoms with E-state index in [0.717, 1.165) is 32.2 Å². The maximum Gasteiger partial charge on any atom is 0.304 e. The van der Waals surface area contributed by atoms with Gasteiger partial charge >= 0.3 is 6.04 Å². The molecule has 70 valence electrons. The molecule has 0 atom stereocenters. The van der Waals surface area contributed by atoms with Crippen molar-refractivity contribution < 1.29 is 9.18 Å². The third-order valence-electron chi connectivity index (χ3n) is 2.66. The third-order valence-corrected chi connectivity index (χ3v) is 2.66. The lowest BCUT2D eigenvalue weighted by Crippen LogP contribution is -2.25. The van der Waals surface area contributed by atoms with Gasteiger partial charge in [-0.3, -0.25) is 4.79 Å². The van der Waals surface area contributed by atoms with Crippen LogP contribution in [0.2, 0.25) is 0 Å². The molecule has 0 spiro atoms. The Morgan fingerprint density at radius 1 is 1.42 bits per heavy atom. The molecule has 1 saturated carbocycles. The Kier molecular flexibility index (Phi) is 3.66. The SMILES string of the molecule is CNCC1CCC(C(=O)F)CC1. The van der Waals surface area contributed by atoms with Gasteiger partial charge < -0.3 is 5.32 Å². The largest absolute Gasteiger partial charge is 0.319 e. The highest BCUT2D eigenvalue weighted by Crippen LogP contribution is 2.28. The first-order valence-electron chi connectivity index (χ1n) is 4.58. The minimum Gasteiger partial charge on any atom is -0.319 e. The number of hydrogen-bond donors (Lipinski definition) is 1. The number of rotatable bonds is 3. The lowest BCUT2D eigenvalue weighted by atomic mass is 9.82. The van der Waals surface area contributed by atoms with Crippen molar-refractivity contribution >= 4 is 6.04 Å². The highest BCUT2D eigenvalue weighted by Gasteiger charge is 2.25. The smallest absolute Gasteiger partial charge is 0.304 e. The number of nitrogens with one attached hydrogen (secondary N) is 1. The highest BCUT2D eigenvalue weighted by molar-refractivity contribution is 5.70. The van der Waals surface area contributed by atoms with Crippen LogP contribution in [0, 0.1) is 11.8 Å². The summed E-state index contributed by atoms with van der Waals surface area (Å²) in [5.41, 5.74) is 0. The molecule has 12 heavy (non-hydrogen) atoms. The van der Waals surface area contributed by atoms with Gasteiger partial charge in [0.25, 0.3) is 0 Å². The van der Waals surface area contributed by atoms with Crippen LogP contribution in [-0.2, 0) is 4.79 Å². The van der Waals surface area contributed by atoms with Crippen LogP contribution in [0.25, 0.3) is 0 Å². The number of hydrogen-bond acceptors (Lipinski definition) is 2. The van der Waals surface area contributed by atoms with Crippen LogP contribution in [-0.4, -0.2) is 19.6 Å². The summed E-state index contributed by atoms with van der Waals surface area (Å²) in [6, 6.07) is -1.11. The minimum atomic E-state index is -1.11. The highest BCUT2D eigenvalue weighted by atomic mass is 19.1. The van der Waals surface area contributed by atoms with E-state index in [4.69, 9.17) is 0 Å². The predicted molar refractivity (Wildman–Crippen MR) is 45.5 cm³/mol. The van der Waals surface area contributed by atoms with Crippen LogP contribution in [0.4, 0.5) is 4.39 Å². The predicted octanol–water partition coefficient (Wildman–Crippen LogP) is 1.51. The molecule has 0 aromatic heterocycles. The van der Waals surface area contributed by atoms with E-state index in [0.29, 0.717) is 5.92 Å². The molecule has 0 aromatic carbocycles. The van der Waals surface area contributed by atoms with E-state index in [2.05, 4.69) is 5.32 Å². The molecule has 0 amide bonds. The Morgan fingerprint density at radius 3 is 2.42 bits per heavy atom. The van der Waals surface area contributed by atoms with Crippen LogP contribution in [0.5, 0.6) is 0 Å². The Morgan fingerprint density at radius 2 is 2.00 bits per heavy atom. The second-order valence-electron chi connectivity index (χ2n) is 3.58. The Balaban J connectivity index is 2.25. The molecular formula is C9H16FNO. The van der Waals surface area contributed by atoms with E-state index in [-0.39, 0.29) is 5.92 Å². The zero-order valence-electron chi connectivity index (χ0n) is 7.48. The van der Waals surface area contributed by atoms with Crippen LogP contribution in [0.15, 0.2) is 0 Å². The first kappa shape index (κ1) is 9.65. The zero-order valence-corrected chi connectivity index (χ0v) is 7.48. The van der Waals surface area contributed by atoms with Gasteiger partial charge in [0.05, 0.1) is 0 Å². The average Bonchev–Trinajstić information content (AvgIpc) is 2.06. The second kappa shape index (κ2) is 4.55. The Labute approximate surface area is 72.5 Å². The Bertz CT molecular complexity index is 153. The lowest BCUT2D eigenvalue weighted by molar-refractivity contribution is -0.134. The molecule has 0 saturated heterocycles. The fourth-order valence-corrected chi connectivity index (χ4v) is 1.88. The van der Waals surface area contributed by atoms with Crippen molar-refractivity contribution in [3.8, 4) is 0 Å². The van der Waals surface area contributed by atoms with Gasteiger partial charge in [-0.15, -0.1) is 0 Å². The van der Waals surface area contributed by atoms with Gasteiger partial charge in [-0.25, -0.2) is 0 Å². The summed E-state index contributed by atoms with van der Waals surface area (Å²) in [5.74, 6) is 0.351. The van der Waals surface area contributed by atoms with Gasteiger partial charge in [-0.1, -0.05) is 0 Å². The fourth-order valence-electron chi connectivity index (χ4n) is 1.88. The average molecular weight is 173 g/mol. The van der Waals surface area contributed by atoms with Crippen LogP contribution in [0.3, 0.4) is 0 Å². The van der Waals surface area contributed by atoms with Crippen molar-refractivity contribution in [3.05, 3.63) is 0 Å². The number of halogens is 1. The summed E-state index contributed by atoms with van der Waals surface area (Å²) < 4.78 is 12.2. The maximum absolute atomic E-state index is 12.2. The van der Waals surface area contributed by atoms with Crippen molar-refractivity contribution in [2.45, 2.75) is 25.7 Å². The molecule has 1 aliphatic rings. The second-order valence-corrected chi connectivity index (χ2v) is 3.58.